The Balaban J connectivity index is 1.62. The number of methoxy groups -OCH3 is 1. The van der Waals surface area contributed by atoms with Gasteiger partial charge < -0.3 is 10.1 Å². The highest BCUT2D eigenvalue weighted by molar-refractivity contribution is 7.99. The summed E-state index contributed by atoms with van der Waals surface area (Å²) in [7, 11) is 1.57. The number of halogens is 1. The Labute approximate surface area is 211 Å². The number of benzene rings is 4. The van der Waals surface area contributed by atoms with Crippen LogP contribution in [0, 0.1) is 0 Å². The molecule has 4 aromatic carbocycles. The van der Waals surface area contributed by atoms with Crippen LogP contribution in [0.2, 0.25) is 5.02 Å². The van der Waals surface area contributed by atoms with E-state index in [4.69, 9.17) is 16.3 Å². The van der Waals surface area contributed by atoms with Gasteiger partial charge in [0.25, 0.3) is 5.91 Å². The minimum absolute atomic E-state index is 0.232. The average Bonchev–Trinajstić information content (AvgIpc) is 2.88. The average molecular weight is 500 g/mol. The van der Waals surface area contributed by atoms with E-state index < -0.39 is 5.91 Å². The van der Waals surface area contributed by atoms with Crippen LogP contribution in [0.25, 0.3) is 0 Å². The molecule has 1 amide bonds. The molecule has 1 N–H and O–H groups in total. The number of nitrogens with one attached hydrogen (secondary N) is 1. The van der Waals surface area contributed by atoms with E-state index in [9.17, 15) is 14.4 Å². The van der Waals surface area contributed by atoms with E-state index in [0.29, 0.717) is 38.0 Å². The lowest BCUT2D eigenvalue weighted by atomic mass is 9.83. The molecule has 5 rings (SSSR count). The summed E-state index contributed by atoms with van der Waals surface area (Å²) in [6.45, 7) is 0. The van der Waals surface area contributed by atoms with Gasteiger partial charge in [-0.1, -0.05) is 47.6 Å². The standard InChI is InChI=1S/C28H18ClNO4S/c1-34-18-10-8-17(9-11-18)30-28(33)23-15-14-22-24(27(23)35-19-12-6-16(29)7-13-19)26(32)21-5-3-2-4-20(21)25(22)31/h2-15H,1H3,(H,30,33). The molecule has 0 aliphatic heterocycles. The van der Waals surface area contributed by atoms with E-state index in [-0.39, 0.29) is 22.7 Å². The molecule has 0 unspecified atom stereocenters. The molecule has 0 heterocycles. The number of fused-ring (bicyclic) bond motifs is 2. The molecule has 35 heavy (non-hydrogen) atoms. The molecule has 0 aromatic heterocycles. The van der Waals surface area contributed by atoms with E-state index >= 15 is 0 Å². The van der Waals surface area contributed by atoms with Gasteiger partial charge in [-0.3, -0.25) is 14.4 Å². The number of ether oxygens (including phenoxy) is 1. The molecule has 4 aromatic rings. The third-order valence-electron chi connectivity index (χ3n) is 5.67. The SMILES string of the molecule is COc1ccc(NC(=O)c2ccc3c(c2Sc2ccc(Cl)cc2)C(=O)c2ccccc2C3=O)cc1. The van der Waals surface area contributed by atoms with Crippen molar-refractivity contribution < 1.29 is 19.1 Å². The minimum Gasteiger partial charge on any atom is -0.497 e. The number of amides is 1. The summed E-state index contributed by atoms with van der Waals surface area (Å²) in [5.41, 5.74) is 2.07. The fraction of sp³-hybridized carbons (Fsp3) is 0.0357. The van der Waals surface area contributed by atoms with Crippen molar-refractivity contribution in [3.63, 3.8) is 0 Å². The summed E-state index contributed by atoms with van der Waals surface area (Å²) in [4.78, 5) is 41.4. The number of hydrogen-bond donors (Lipinski definition) is 1. The predicted molar refractivity (Wildman–Crippen MR) is 136 cm³/mol. The molecule has 0 saturated heterocycles. The monoisotopic (exact) mass is 499 g/mol. The molecule has 172 valence electrons. The first-order valence-electron chi connectivity index (χ1n) is 10.7. The normalized spacial score (nSPS) is 12.1. The van der Waals surface area contributed by atoms with Crippen LogP contribution in [0.5, 0.6) is 5.75 Å². The summed E-state index contributed by atoms with van der Waals surface area (Å²) < 4.78 is 5.17. The van der Waals surface area contributed by atoms with Crippen molar-refractivity contribution in [2.24, 2.45) is 0 Å². The van der Waals surface area contributed by atoms with Gasteiger partial charge in [0.1, 0.15) is 5.75 Å². The van der Waals surface area contributed by atoms with Gasteiger partial charge in [0, 0.05) is 42.8 Å². The van der Waals surface area contributed by atoms with Crippen LogP contribution in [0.15, 0.2) is 94.7 Å². The highest BCUT2D eigenvalue weighted by atomic mass is 35.5. The number of ketones is 2. The van der Waals surface area contributed by atoms with Gasteiger partial charge in [-0.25, -0.2) is 0 Å². The second-order valence-electron chi connectivity index (χ2n) is 7.81. The zero-order valence-corrected chi connectivity index (χ0v) is 20.1. The summed E-state index contributed by atoms with van der Waals surface area (Å²) in [5, 5.41) is 3.44. The number of hydrogen-bond acceptors (Lipinski definition) is 5. The van der Waals surface area contributed by atoms with E-state index in [1.165, 1.54) is 11.8 Å². The second kappa shape index (κ2) is 9.41. The first-order valence-corrected chi connectivity index (χ1v) is 11.9. The third-order valence-corrected chi connectivity index (χ3v) is 7.06. The Morgan fingerprint density at radius 2 is 1.46 bits per heavy atom. The zero-order valence-electron chi connectivity index (χ0n) is 18.5. The van der Waals surface area contributed by atoms with Gasteiger partial charge in [-0.15, -0.1) is 0 Å². The minimum atomic E-state index is -0.395. The van der Waals surface area contributed by atoms with Crippen LogP contribution in [0.4, 0.5) is 5.69 Å². The van der Waals surface area contributed by atoms with Crippen molar-refractivity contribution >= 4 is 46.5 Å². The van der Waals surface area contributed by atoms with Crippen LogP contribution in [0.3, 0.4) is 0 Å². The highest BCUT2D eigenvalue weighted by Crippen LogP contribution is 2.40. The van der Waals surface area contributed by atoms with Crippen LogP contribution in [0.1, 0.15) is 42.2 Å². The number of carbonyl (C=O) groups excluding carboxylic acids is 3. The molecule has 1 aliphatic rings. The van der Waals surface area contributed by atoms with Gasteiger partial charge in [-0.2, -0.15) is 0 Å². The fourth-order valence-electron chi connectivity index (χ4n) is 3.93. The van der Waals surface area contributed by atoms with Gasteiger partial charge in [-0.05, 0) is 60.7 Å². The summed E-state index contributed by atoms with van der Waals surface area (Å²) in [6.07, 6.45) is 0. The quantitative estimate of drug-likeness (QED) is 0.298. The summed E-state index contributed by atoms with van der Waals surface area (Å²) >= 11 is 7.29. The van der Waals surface area contributed by atoms with Crippen molar-refractivity contribution in [2.75, 3.05) is 12.4 Å². The molecule has 0 fully saturated rings. The van der Waals surface area contributed by atoms with Crippen molar-refractivity contribution in [3.05, 3.63) is 118 Å². The van der Waals surface area contributed by atoms with Gasteiger partial charge >= 0.3 is 0 Å². The molecule has 7 heteroatoms. The van der Waals surface area contributed by atoms with E-state index in [2.05, 4.69) is 5.32 Å². The van der Waals surface area contributed by atoms with Gasteiger partial charge in [0.05, 0.1) is 12.7 Å². The Morgan fingerprint density at radius 1 is 0.800 bits per heavy atom. The maximum atomic E-state index is 13.6. The van der Waals surface area contributed by atoms with E-state index in [1.807, 2.05) is 0 Å². The predicted octanol–water partition coefficient (Wildman–Crippen LogP) is 6.53. The Hall–Kier alpha value is -3.87. The summed E-state index contributed by atoms with van der Waals surface area (Å²) in [6, 6.07) is 23.9. The maximum absolute atomic E-state index is 13.6. The van der Waals surface area contributed by atoms with Crippen LogP contribution < -0.4 is 10.1 Å². The van der Waals surface area contributed by atoms with E-state index in [1.54, 1.807) is 92.0 Å². The Bertz CT molecular complexity index is 1480. The Kier molecular flexibility index (Phi) is 6.16. The van der Waals surface area contributed by atoms with Gasteiger partial charge in [0.15, 0.2) is 11.6 Å². The number of anilines is 1. The molecule has 0 saturated carbocycles. The van der Waals surface area contributed by atoms with Crippen molar-refractivity contribution in [1.29, 1.82) is 0 Å². The molecule has 0 spiro atoms. The summed E-state index contributed by atoms with van der Waals surface area (Å²) in [5.74, 6) is -0.256. The molecular weight excluding hydrogens is 482 g/mol. The first kappa shape index (κ1) is 22.9. The van der Waals surface area contributed by atoms with Crippen molar-refractivity contribution in [2.45, 2.75) is 9.79 Å². The molecule has 1 aliphatic carbocycles. The Morgan fingerprint density at radius 3 is 2.11 bits per heavy atom. The number of carbonyl (C=O) groups is 3. The fourth-order valence-corrected chi connectivity index (χ4v) is 5.14. The van der Waals surface area contributed by atoms with Crippen LogP contribution in [-0.2, 0) is 0 Å². The molecular formula is C28H18ClNO4S. The maximum Gasteiger partial charge on any atom is 0.256 e. The molecule has 0 radical (unpaired) electrons. The largest absolute Gasteiger partial charge is 0.497 e. The van der Waals surface area contributed by atoms with Crippen LogP contribution >= 0.6 is 23.4 Å². The van der Waals surface area contributed by atoms with Crippen molar-refractivity contribution in [1.82, 2.24) is 0 Å². The zero-order chi connectivity index (χ0) is 24.5. The molecule has 5 nitrogen and oxygen atoms in total. The topological polar surface area (TPSA) is 72.5 Å². The lowest BCUT2D eigenvalue weighted by Crippen LogP contribution is -2.24. The number of rotatable bonds is 5. The van der Waals surface area contributed by atoms with E-state index in [0.717, 1.165) is 4.90 Å². The molecule has 0 atom stereocenters. The second-order valence-corrected chi connectivity index (χ2v) is 9.33. The lowest BCUT2D eigenvalue weighted by Gasteiger charge is -2.22. The van der Waals surface area contributed by atoms with Crippen molar-refractivity contribution in [3.8, 4) is 5.75 Å². The lowest BCUT2D eigenvalue weighted by molar-refractivity contribution is 0.0975. The van der Waals surface area contributed by atoms with Gasteiger partial charge in [0.2, 0.25) is 0 Å². The van der Waals surface area contributed by atoms with Crippen LogP contribution in [-0.4, -0.2) is 24.6 Å². The molecule has 0 bridgehead atoms. The third kappa shape index (κ3) is 4.34. The first-order chi connectivity index (χ1) is 17.0. The highest BCUT2D eigenvalue weighted by Gasteiger charge is 2.34. The smallest absolute Gasteiger partial charge is 0.256 e.